The average Bonchev–Trinajstić information content (AvgIpc) is 2.52. The summed E-state index contributed by atoms with van der Waals surface area (Å²) in [6.45, 7) is 0.630. The molecule has 2 aromatic rings. The van der Waals surface area contributed by atoms with E-state index in [1.807, 2.05) is 36.4 Å². The molecule has 0 amide bonds. The topological polar surface area (TPSA) is 39.7 Å². The Morgan fingerprint density at radius 2 is 1.67 bits per heavy atom. The van der Waals surface area contributed by atoms with Crippen LogP contribution in [0.3, 0.4) is 0 Å². The molecule has 0 aliphatic carbocycles. The zero-order chi connectivity index (χ0) is 15.2. The minimum absolute atomic E-state index is 0.630. The van der Waals surface area contributed by atoms with Gasteiger partial charge in [-0.15, -0.1) is 0 Å². The fourth-order valence-electron chi connectivity index (χ4n) is 2.04. The summed E-state index contributed by atoms with van der Waals surface area (Å²) < 4.78 is 16.9. The predicted octanol–water partition coefficient (Wildman–Crippen LogP) is 4.09. The Kier molecular flexibility index (Phi) is 5.33. The molecule has 0 aliphatic rings. The number of hydrogen-bond acceptors (Lipinski definition) is 4. The molecule has 2 aromatic carbocycles. The summed E-state index contributed by atoms with van der Waals surface area (Å²) in [6.07, 6.45) is 0. The largest absolute Gasteiger partial charge is 0.497 e. The molecule has 0 heterocycles. The van der Waals surface area contributed by atoms with Crippen molar-refractivity contribution >= 4 is 21.6 Å². The Balaban J connectivity index is 2.16. The zero-order valence-corrected chi connectivity index (χ0v) is 13.9. The molecule has 0 aliphatic heterocycles. The Morgan fingerprint density at radius 3 is 2.24 bits per heavy atom. The number of ether oxygens (including phenoxy) is 3. The van der Waals surface area contributed by atoms with Gasteiger partial charge in [0.2, 0.25) is 0 Å². The lowest BCUT2D eigenvalue weighted by atomic mass is 10.1. The van der Waals surface area contributed by atoms with E-state index < -0.39 is 0 Å². The Hall–Kier alpha value is -1.88. The van der Waals surface area contributed by atoms with Gasteiger partial charge >= 0.3 is 0 Å². The van der Waals surface area contributed by atoms with Crippen LogP contribution >= 0.6 is 15.9 Å². The maximum absolute atomic E-state index is 5.44. The summed E-state index contributed by atoms with van der Waals surface area (Å²) in [4.78, 5) is 0. The molecule has 0 saturated carbocycles. The Bertz CT molecular complexity index is 599. The van der Waals surface area contributed by atoms with Gasteiger partial charge in [0.25, 0.3) is 0 Å². The fraction of sp³-hybridized carbons (Fsp3) is 0.250. The van der Waals surface area contributed by atoms with Crippen molar-refractivity contribution in [3.05, 3.63) is 46.4 Å². The summed E-state index contributed by atoms with van der Waals surface area (Å²) >= 11 is 3.48. The molecule has 0 spiro atoms. The lowest BCUT2D eigenvalue weighted by Gasteiger charge is -2.15. The third-order valence-electron chi connectivity index (χ3n) is 3.09. The van der Waals surface area contributed by atoms with Crippen LogP contribution in [-0.4, -0.2) is 21.3 Å². The van der Waals surface area contributed by atoms with E-state index in [4.69, 9.17) is 14.2 Å². The molecular formula is C16H18BrNO3. The predicted molar refractivity (Wildman–Crippen MR) is 87.6 cm³/mol. The number of halogens is 1. The first-order valence-corrected chi connectivity index (χ1v) is 7.25. The van der Waals surface area contributed by atoms with E-state index in [2.05, 4.69) is 21.2 Å². The molecule has 21 heavy (non-hydrogen) atoms. The van der Waals surface area contributed by atoms with Crippen LogP contribution in [0.5, 0.6) is 17.2 Å². The van der Waals surface area contributed by atoms with Crippen molar-refractivity contribution in [2.24, 2.45) is 0 Å². The second kappa shape index (κ2) is 7.22. The van der Waals surface area contributed by atoms with E-state index >= 15 is 0 Å². The number of rotatable bonds is 6. The fourth-order valence-corrected chi connectivity index (χ4v) is 2.53. The number of nitrogens with one attached hydrogen (secondary N) is 1. The van der Waals surface area contributed by atoms with Gasteiger partial charge in [-0.05, 0) is 36.4 Å². The minimum atomic E-state index is 0.630. The van der Waals surface area contributed by atoms with Crippen LogP contribution in [0.4, 0.5) is 5.69 Å². The van der Waals surface area contributed by atoms with Crippen LogP contribution in [0.1, 0.15) is 5.56 Å². The van der Waals surface area contributed by atoms with E-state index in [9.17, 15) is 0 Å². The highest BCUT2D eigenvalue weighted by Gasteiger charge is 2.11. The highest BCUT2D eigenvalue weighted by Crippen LogP contribution is 2.35. The van der Waals surface area contributed by atoms with Gasteiger partial charge < -0.3 is 19.5 Å². The van der Waals surface area contributed by atoms with E-state index in [0.717, 1.165) is 27.2 Å². The third kappa shape index (κ3) is 3.82. The second-order valence-corrected chi connectivity index (χ2v) is 5.30. The van der Waals surface area contributed by atoms with Crippen LogP contribution in [0, 0.1) is 0 Å². The number of benzene rings is 2. The van der Waals surface area contributed by atoms with Gasteiger partial charge in [-0.2, -0.15) is 0 Å². The summed E-state index contributed by atoms with van der Waals surface area (Å²) in [5.74, 6) is 2.28. The molecule has 0 saturated heterocycles. The van der Waals surface area contributed by atoms with Crippen molar-refractivity contribution in [2.45, 2.75) is 6.54 Å². The first-order chi connectivity index (χ1) is 10.2. The monoisotopic (exact) mass is 351 g/mol. The first-order valence-electron chi connectivity index (χ1n) is 6.46. The maximum atomic E-state index is 5.44. The van der Waals surface area contributed by atoms with Crippen molar-refractivity contribution in [1.82, 2.24) is 0 Å². The van der Waals surface area contributed by atoms with E-state index in [-0.39, 0.29) is 0 Å². The van der Waals surface area contributed by atoms with Crippen LogP contribution in [0.2, 0.25) is 0 Å². The van der Waals surface area contributed by atoms with Crippen molar-refractivity contribution in [2.75, 3.05) is 26.6 Å². The summed E-state index contributed by atoms with van der Waals surface area (Å²) in [7, 11) is 4.93. The lowest BCUT2D eigenvalue weighted by Crippen LogP contribution is -2.03. The van der Waals surface area contributed by atoms with Crippen LogP contribution in [-0.2, 0) is 6.54 Å². The van der Waals surface area contributed by atoms with Gasteiger partial charge in [-0.3, -0.25) is 0 Å². The molecule has 4 nitrogen and oxygen atoms in total. The SMILES string of the molecule is COc1ccc(NCc2cc(Br)cc(OC)c2OC)cc1. The molecule has 0 aromatic heterocycles. The number of hydrogen-bond donors (Lipinski definition) is 1. The molecular weight excluding hydrogens is 334 g/mol. The van der Waals surface area contributed by atoms with Gasteiger partial charge in [0.1, 0.15) is 5.75 Å². The quantitative estimate of drug-likeness (QED) is 0.850. The number of anilines is 1. The average molecular weight is 352 g/mol. The minimum Gasteiger partial charge on any atom is -0.497 e. The van der Waals surface area contributed by atoms with Crippen molar-refractivity contribution < 1.29 is 14.2 Å². The normalized spacial score (nSPS) is 10.1. The summed E-state index contributed by atoms with van der Waals surface area (Å²) in [5, 5.41) is 3.35. The van der Waals surface area contributed by atoms with Crippen molar-refractivity contribution in [3.63, 3.8) is 0 Å². The number of methoxy groups -OCH3 is 3. The summed E-state index contributed by atoms with van der Waals surface area (Å²) in [6, 6.07) is 11.7. The highest BCUT2D eigenvalue weighted by atomic mass is 79.9. The van der Waals surface area contributed by atoms with E-state index in [1.165, 1.54) is 0 Å². The van der Waals surface area contributed by atoms with E-state index in [0.29, 0.717) is 12.3 Å². The molecule has 0 unspecified atom stereocenters. The molecule has 2 rings (SSSR count). The molecule has 0 bridgehead atoms. The lowest BCUT2D eigenvalue weighted by molar-refractivity contribution is 0.352. The van der Waals surface area contributed by atoms with Gasteiger partial charge in [0, 0.05) is 22.3 Å². The smallest absolute Gasteiger partial charge is 0.165 e. The molecule has 1 N–H and O–H groups in total. The van der Waals surface area contributed by atoms with Gasteiger partial charge in [0.15, 0.2) is 11.5 Å². The van der Waals surface area contributed by atoms with Crippen LogP contribution in [0.15, 0.2) is 40.9 Å². The van der Waals surface area contributed by atoms with Crippen LogP contribution < -0.4 is 19.5 Å². The third-order valence-corrected chi connectivity index (χ3v) is 3.55. The second-order valence-electron chi connectivity index (χ2n) is 4.38. The first kappa shape index (κ1) is 15.5. The molecule has 112 valence electrons. The molecule has 0 atom stereocenters. The zero-order valence-electron chi connectivity index (χ0n) is 12.3. The standard InChI is InChI=1S/C16H18BrNO3/c1-19-14-6-4-13(5-7-14)18-10-11-8-12(17)9-15(20-2)16(11)21-3/h4-9,18H,10H2,1-3H3. The molecule has 0 fully saturated rings. The maximum Gasteiger partial charge on any atom is 0.165 e. The van der Waals surface area contributed by atoms with Gasteiger partial charge in [-0.25, -0.2) is 0 Å². The highest BCUT2D eigenvalue weighted by molar-refractivity contribution is 9.10. The van der Waals surface area contributed by atoms with E-state index in [1.54, 1.807) is 21.3 Å². The summed E-state index contributed by atoms with van der Waals surface area (Å²) in [5.41, 5.74) is 2.02. The molecule has 0 radical (unpaired) electrons. The van der Waals surface area contributed by atoms with Crippen molar-refractivity contribution in [1.29, 1.82) is 0 Å². The Labute approximate surface area is 133 Å². The Morgan fingerprint density at radius 1 is 0.952 bits per heavy atom. The van der Waals surface area contributed by atoms with Crippen molar-refractivity contribution in [3.8, 4) is 17.2 Å². The van der Waals surface area contributed by atoms with Crippen LogP contribution in [0.25, 0.3) is 0 Å². The van der Waals surface area contributed by atoms with Gasteiger partial charge in [0.05, 0.1) is 21.3 Å². The molecule has 5 heteroatoms. The van der Waals surface area contributed by atoms with Gasteiger partial charge in [-0.1, -0.05) is 15.9 Å².